The summed E-state index contributed by atoms with van der Waals surface area (Å²) in [5.74, 6) is -1.54. The predicted octanol–water partition coefficient (Wildman–Crippen LogP) is 1.89. The smallest absolute Gasteiger partial charge is 0.282 e. The van der Waals surface area contributed by atoms with E-state index in [-0.39, 0.29) is 17.2 Å². The van der Waals surface area contributed by atoms with Gasteiger partial charge >= 0.3 is 0 Å². The van der Waals surface area contributed by atoms with Crippen molar-refractivity contribution >= 4 is 23.4 Å². The summed E-state index contributed by atoms with van der Waals surface area (Å²) in [6, 6.07) is 3.93. The van der Waals surface area contributed by atoms with Gasteiger partial charge in [0.1, 0.15) is 12.1 Å². The lowest BCUT2D eigenvalue weighted by Gasteiger charge is -2.30. The summed E-state index contributed by atoms with van der Waals surface area (Å²) < 4.78 is 0. The third kappa shape index (κ3) is 3.11. The zero-order valence-corrected chi connectivity index (χ0v) is 13.9. The second-order valence-corrected chi connectivity index (χ2v) is 6.59. The first kappa shape index (κ1) is 17.1. The van der Waals surface area contributed by atoms with Crippen molar-refractivity contribution in [2.45, 2.75) is 38.6 Å². The number of nitrogens with one attached hydrogen (secondary N) is 1. The molecular formula is C17H19N3O5. The van der Waals surface area contributed by atoms with Crippen molar-refractivity contribution in [1.29, 1.82) is 0 Å². The molecule has 2 atom stereocenters. The van der Waals surface area contributed by atoms with E-state index in [9.17, 15) is 24.5 Å². The van der Waals surface area contributed by atoms with E-state index in [4.69, 9.17) is 0 Å². The summed E-state index contributed by atoms with van der Waals surface area (Å²) in [6.45, 7) is 1.64. The number of carbonyl (C=O) groups excluding carboxylic acids is 3. The van der Waals surface area contributed by atoms with E-state index in [1.165, 1.54) is 18.2 Å². The topological polar surface area (TPSA) is 110 Å². The lowest BCUT2D eigenvalue weighted by molar-refractivity contribution is -0.385. The minimum Gasteiger partial charge on any atom is -0.352 e. The van der Waals surface area contributed by atoms with Crippen molar-refractivity contribution in [2.75, 3.05) is 6.54 Å². The molecule has 1 aromatic rings. The number of amides is 3. The van der Waals surface area contributed by atoms with E-state index < -0.39 is 34.9 Å². The average molecular weight is 345 g/mol. The number of fused-ring (bicyclic) bond motifs is 1. The minimum absolute atomic E-state index is 0.0296. The van der Waals surface area contributed by atoms with Crippen molar-refractivity contribution in [2.24, 2.45) is 5.92 Å². The Bertz CT molecular complexity index is 761. The Balaban J connectivity index is 1.75. The molecule has 0 bridgehead atoms. The van der Waals surface area contributed by atoms with Gasteiger partial charge in [-0.2, -0.15) is 0 Å². The number of nitro benzene ring substituents is 1. The SMILES string of the molecule is C[C@H]1CCCC[C@@H]1NC(=O)CN1C(=O)c2cccc([N+](=O)[O-])c2C1=O. The van der Waals surface area contributed by atoms with E-state index in [0.717, 1.165) is 30.6 Å². The molecule has 0 unspecified atom stereocenters. The van der Waals surface area contributed by atoms with Crippen LogP contribution in [0.3, 0.4) is 0 Å². The molecule has 1 fully saturated rings. The first-order chi connectivity index (χ1) is 11.9. The third-order valence-electron chi connectivity index (χ3n) is 4.93. The summed E-state index contributed by atoms with van der Waals surface area (Å²) >= 11 is 0. The normalized spacial score (nSPS) is 22.7. The lowest BCUT2D eigenvalue weighted by atomic mass is 9.86. The minimum atomic E-state index is -0.792. The molecule has 1 aliphatic heterocycles. The van der Waals surface area contributed by atoms with E-state index in [2.05, 4.69) is 12.2 Å². The monoisotopic (exact) mass is 345 g/mol. The Kier molecular flexibility index (Phi) is 4.52. The molecule has 8 heteroatoms. The highest BCUT2D eigenvalue weighted by molar-refractivity contribution is 6.24. The molecular weight excluding hydrogens is 326 g/mol. The van der Waals surface area contributed by atoms with Crippen LogP contribution in [0.2, 0.25) is 0 Å². The first-order valence-corrected chi connectivity index (χ1v) is 8.33. The molecule has 3 rings (SSSR count). The molecule has 1 saturated carbocycles. The Morgan fingerprint density at radius 1 is 1.28 bits per heavy atom. The maximum atomic E-state index is 12.4. The molecule has 132 valence electrons. The van der Waals surface area contributed by atoms with E-state index in [1.54, 1.807) is 0 Å². The maximum absolute atomic E-state index is 12.4. The zero-order valence-electron chi connectivity index (χ0n) is 13.9. The summed E-state index contributed by atoms with van der Waals surface area (Å²) in [5, 5.41) is 14.0. The molecule has 1 N–H and O–H groups in total. The van der Waals surface area contributed by atoms with Gasteiger partial charge in [0.15, 0.2) is 0 Å². The fraction of sp³-hybridized carbons (Fsp3) is 0.471. The second kappa shape index (κ2) is 6.62. The van der Waals surface area contributed by atoms with Crippen LogP contribution in [0.15, 0.2) is 18.2 Å². The number of imide groups is 1. The number of nitro groups is 1. The van der Waals surface area contributed by atoms with Gasteiger partial charge in [0.25, 0.3) is 17.5 Å². The van der Waals surface area contributed by atoms with Crippen LogP contribution in [0, 0.1) is 16.0 Å². The van der Waals surface area contributed by atoms with Gasteiger partial charge in [-0.25, -0.2) is 0 Å². The van der Waals surface area contributed by atoms with E-state index >= 15 is 0 Å². The van der Waals surface area contributed by atoms with Gasteiger partial charge in [-0.05, 0) is 24.8 Å². The molecule has 0 spiro atoms. The van der Waals surface area contributed by atoms with Crippen LogP contribution in [-0.2, 0) is 4.79 Å². The number of benzene rings is 1. The van der Waals surface area contributed by atoms with Crippen molar-refractivity contribution in [3.63, 3.8) is 0 Å². The Morgan fingerprint density at radius 3 is 2.68 bits per heavy atom. The van der Waals surface area contributed by atoms with Gasteiger partial charge in [0.05, 0.1) is 10.5 Å². The molecule has 0 aromatic heterocycles. The van der Waals surface area contributed by atoms with Gasteiger partial charge in [-0.1, -0.05) is 25.8 Å². The molecule has 3 amide bonds. The van der Waals surface area contributed by atoms with Gasteiger partial charge in [0.2, 0.25) is 5.91 Å². The fourth-order valence-corrected chi connectivity index (χ4v) is 3.54. The highest BCUT2D eigenvalue weighted by atomic mass is 16.6. The first-order valence-electron chi connectivity index (χ1n) is 8.33. The fourth-order valence-electron chi connectivity index (χ4n) is 3.54. The van der Waals surface area contributed by atoms with Crippen molar-refractivity contribution in [3.05, 3.63) is 39.4 Å². The van der Waals surface area contributed by atoms with Crippen molar-refractivity contribution < 1.29 is 19.3 Å². The van der Waals surface area contributed by atoms with Gasteiger partial charge in [-0.15, -0.1) is 0 Å². The summed E-state index contributed by atoms with van der Waals surface area (Å²) in [6.07, 6.45) is 4.08. The van der Waals surface area contributed by atoms with Gasteiger partial charge in [0, 0.05) is 12.1 Å². The number of rotatable bonds is 4. The largest absolute Gasteiger partial charge is 0.352 e. The van der Waals surface area contributed by atoms with Gasteiger partial charge < -0.3 is 5.32 Å². The molecule has 1 aromatic carbocycles. The predicted molar refractivity (Wildman–Crippen MR) is 88.0 cm³/mol. The quantitative estimate of drug-likeness (QED) is 0.509. The van der Waals surface area contributed by atoms with E-state index in [0.29, 0.717) is 5.92 Å². The highest BCUT2D eigenvalue weighted by Gasteiger charge is 2.41. The molecule has 8 nitrogen and oxygen atoms in total. The van der Waals surface area contributed by atoms with Crippen LogP contribution in [0.5, 0.6) is 0 Å². The Morgan fingerprint density at radius 2 is 2.00 bits per heavy atom. The van der Waals surface area contributed by atoms with Crippen molar-refractivity contribution in [1.82, 2.24) is 10.2 Å². The van der Waals surface area contributed by atoms with Crippen LogP contribution in [0.1, 0.15) is 53.3 Å². The molecule has 1 aliphatic carbocycles. The summed E-state index contributed by atoms with van der Waals surface area (Å²) in [4.78, 5) is 48.3. The van der Waals surface area contributed by atoms with E-state index in [1.807, 2.05) is 0 Å². The van der Waals surface area contributed by atoms with Gasteiger partial charge in [-0.3, -0.25) is 29.4 Å². The number of carbonyl (C=O) groups is 3. The Labute approximate surface area is 144 Å². The standard InChI is InChI=1S/C17H19N3O5/c1-10-5-2-3-7-12(10)18-14(21)9-19-16(22)11-6-4-8-13(20(24)25)15(11)17(19)23/h4,6,8,10,12H,2-3,5,7,9H2,1H3,(H,18,21)/t10-,12-/m0/s1. The number of hydrogen-bond acceptors (Lipinski definition) is 5. The zero-order chi connectivity index (χ0) is 18.1. The summed E-state index contributed by atoms with van der Waals surface area (Å²) in [7, 11) is 0. The average Bonchev–Trinajstić information content (AvgIpc) is 2.82. The lowest BCUT2D eigenvalue weighted by Crippen LogP contribution is -2.46. The van der Waals surface area contributed by atoms with Crippen molar-refractivity contribution in [3.8, 4) is 0 Å². The molecule has 0 saturated heterocycles. The maximum Gasteiger partial charge on any atom is 0.282 e. The van der Waals surface area contributed by atoms with Crippen LogP contribution >= 0.6 is 0 Å². The molecule has 0 radical (unpaired) electrons. The Hall–Kier alpha value is -2.77. The van der Waals surface area contributed by atoms with Crippen LogP contribution in [0.4, 0.5) is 5.69 Å². The van der Waals surface area contributed by atoms with Crippen LogP contribution in [-0.4, -0.2) is 40.1 Å². The molecule has 25 heavy (non-hydrogen) atoms. The molecule has 2 aliphatic rings. The van der Waals surface area contributed by atoms with Crippen LogP contribution < -0.4 is 5.32 Å². The van der Waals surface area contributed by atoms with Crippen LogP contribution in [0.25, 0.3) is 0 Å². The third-order valence-corrected chi connectivity index (χ3v) is 4.93. The second-order valence-electron chi connectivity index (χ2n) is 6.59. The highest BCUT2D eigenvalue weighted by Crippen LogP contribution is 2.30. The number of nitrogens with zero attached hydrogens (tertiary/aromatic N) is 2. The summed E-state index contributed by atoms with van der Waals surface area (Å²) in [5.41, 5.74) is -0.686. The molecule has 1 heterocycles. The number of hydrogen-bond donors (Lipinski definition) is 1.